The van der Waals surface area contributed by atoms with Gasteiger partial charge >= 0.3 is 0 Å². The van der Waals surface area contributed by atoms with E-state index in [-0.39, 0.29) is 11.8 Å². The number of amides is 2. The highest BCUT2D eigenvalue weighted by Gasteiger charge is 2.28. The maximum absolute atomic E-state index is 12.7. The number of hydrogen-bond donors (Lipinski definition) is 2. The van der Waals surface area contributed by atoms with Crippen molar-refractivity contribution in [3.05, 3.63) is 83.4 Å². The fourth-order valence-electron chi connectivity index (χ4n) is 3.54. The Bertz CT molecular complexity index is 1100. The summed E-state index contributed by atoms with van der Waals surface area (Å²) >= 11 is 0. The number of anilines is 1. The van der Waals surface area contributed by atoms with Gasteiger partial charge in [-0.15, -0.1) is 0 Å². The molecule has 0 radical (unpaired) electrons. The van der Waals surface area contributed by atoms with E-state index in [1.54, 1.807) is 44.6 Å². The Morgan fingerprint density at radius 1 is 0.969 bits per heavy atom. The summed E-state index contributed by atoms with van der Waals surface area (Å²) in [4.78, 5) is 25.3. The summed E-state index contributed by atoms with van der Waals surface area (Å²) in [5.74, 6) is 1.52. The van der Waals surface area contributed by atoms with Crippen molar-refractivity contribution in [1.29, 1.82) is 0 Å². The van der Waals surface area contributed by atoms with Crippen molar-refractivity contribution in [3.63, 3.8) is 0 Å². The SMILES string of the molecule is COc1cc(CNC(=O)c2cccc(NC(=O)C3Cc4ccccc4O3)c2)cc(OC)c1. The molecule has 7 heteroatoms. The van der Waals surface area contributed by atoms with Gasteiger partial charge in [0.25, 0.3) is 11.8 Å². The summed E-state index contributed by atoms with van der Waals surface area (Å²) in [6.45, 7) is 0.303. The molecule has 0 aromatic heterocycles. The van der Waals surface area contributed by atoms with Crippen LogP contribution in [0.15, 0.2) is 66.7 Å². The molecule has 0 fully saturated rings. The summed E-state index contributed by atoms with van der Waals surface area (Å²) in [5, 5.41) is 5.72. The second-order valence-corrected chi connectivity index (χ2v) is 7.39. The van der Waals surface area contributed by atoms with Crippen molar-refractivity contribution >= 4 is 17.5 Å². The van der Waals surface area contributed by atoms with Crippen molar-refractivity contribution in [2.24, 2.45) is 0 Å². The number of hydrogen-bond acceptors (Lipinski definition) is 5. The predicted octanol–water partition coefficient (Wildman–Crippen LogP) is 3.58. The van der Waals surface area contributed by atoms with Crippen LogP contribution < -0.4 is 24.8 Å². The molecule has 1 atom stereocenters. The van der Waals surface area contributed by atoms with Gasteiger partial charge in [0, 0.05) is 30.3 Å². The fraction of sp³-hybridized carbons (Fsp3) is 0.200. The summed E-state index contributed by atoms with van der Waals surface area (Å²) in [7, 11) is 3.15. The fourth-order valence-corrected chi connectivity index (χ4v) is 3.54. The number of carbonyl (C=O) groups excluding carboxylic acids is 2. The molecule has 1 aliphatic rings. The van der Waals surface area contributed by atoms with Gasteiger partial charge < -0.3 is 24.8 Å². The first-order valence-corrected chi connectivity index (χ1v) is 10.2. The number of carbonyl (C=O) groups is 2. The van der Waals surface area contributed by atoms with Gasteiger partial charge in [-0.05, 0) is 47.5 Å². The monoisotopic (exact) mass is 432 g/mol. The Hall–Kier alpha value is -4.00. The molecule has 1 unspecified atom stereocenters. The molecule has 0 saturated heterocycles. The molecule has 2 amide bonds. The molecule has 164 valence electrons. The zero-order chi connectivity index (χ0) is 22.5. The van der Waals surface area contributed by atoms with Crippen LogP contribution in [0.1, 0.15) is 21.5 Å². The molecule has 0 aliphatic carbocycles. The number of nitrogens with one attached hydrogen (secondary N) is 2. The summed E-state index contributed by atoms with van der Waals surface area (Å²) in [5.41, 5.74) is 2.82. The van der Waals surface area contributed by atoms with E-state index < -0.39 is 6.10 Å². The number of methoxy groups -OCH3 is 2. The number of fused-ring (bicyclic) bond motifs is 1. The summed E-state index contributed by atoms with van der Waals surface area (Å²) in [6, 6.07) is 19.8. The minimum Gasteiger partial charge on any atom is -0.497 e. The minimum absolute atomic E-state index is 0.248. The smallest absolute Gasteiger partial charge is 0.265 e. The maximum Gasteiger partial charge on any atom is 0.265 e. The molecule has 0 bridgehead atoms. The van der Waals surface area contributed by atoms with Crippen LogP contribution in [0.2, 0.25) is 0 Å². The van der Waals surface area contributed by atoms with Gasteiger partial charge in [0.2, 0.25) is 0 Å². The normalized spacial score (nSPS) is 14.1. The van der Waals surface area contributed by atoms with Crippen molar-refractivity contribution in [3.8, 4) is 17.2 Å². The quantitative estimate of drug-likeness (QED) is 0.596. The number of benzene rings is 3. The Labute approximate surface area is 186 Å². The van der Waals surface area contributed by atoms with Gasteiger partial charge in [-0.25, -0.2) is 0 Å². The lowest BCUT2D eigenvalue weighted by Gasteiger charge is -2.13. The molecule has 0 spiro atoms. The predicted molar refractivity (Wildman–Crippen MR) is 120 cm³/mol. The third-order valence-electron chi connectivity index (χ3n) is 5.20. The molecule has 2 N–H and O–H groups in total. The molecule has 32 heavy (non-hydrogen) atoms. The molecule has 0 saturated carbocycles. The van der Waals surface area contributed by atoms with Crippen LogP contribution in [0.3, 0.4) is 0 Å². The Morgan fingerprint density at radius 3 is 2.44 bits per heavy atom. The molecule has 3 aromatic rings. The highest BCUT2D eigenvalue weighted by atomic mass is 16.5. The van der Waals surface area contributed by atoms with Crippen LogP contribution in [0.4, 0.5) is 5.69 Å². The minimum atomic E-state index is -0.590. The summed E-state index contributed by atoms with van der Waals surface area (Å²) in [6.07, 6.45) is -0.0699. The molecule has 4 rings (SSSR count). The number of ether oxygens (including phenoxy) is 3. The van der Waals surface area contributed by atoms with E-state index in [2.05, 4.69) is 10.6 Å². The third kappa shape index (κ3) is 4.83. The highest BCUT2D eigenvalue weighted by molar-refractivity contribution is 5.98. The largest absolute Gasteiger partial charge is 0.497 e. The van der Waals surface area contributed by atoms with Gasteiger partial charge in [0.15, 0.2) is 6.10 Å². The first-order valence-electron chi connectivity index (χ1n) is 10.2. The van der Waals surface area contributed by atoms with Crippen molar-refractivity contribution in [2.75, 3.05) is 19.5 Å². The average molecular weight is 432 g/mol. The van der Waals surface area contributed by atoms with Gasteiger partial charge in [-0.2, -0.15) is 0 Å². The lowest BCUT2D eigenvalue weighted by atomic mass is 10.1. The molecule has 3 aromatic carbocycles. The maximum atomic E-state index is 12.7. The Kier molecular flexibility index (Phi) is 6.26. The van der Waals surface area contributed by atoms with E-state index in [0.717, 1.165) is 16.9 Å². The Morgan fingerprint density at radius 2 is 1.72 bits per heavy atom. The summed E-state index contributed by atoms with van der Waals surface area (Å²) < 4.78 is 16.3. The van der Waals surface area contributed by atoms with E-state index in [0.29, 0.717) is 35.7 Å². The lowest BCUT2D eigenvalue weighted by molar-refractivity contribution is -0.122. The lowest BCUT2D eigenvalue weighted by Crippen LogP contribution is -2.31. The number of rotatable bonds is 7. The van der Waals surface area contributed by atoms with Crippen molar-refractivity contribution in [1.82, 2.24) is 5.32 Å². The van der Waals surface area contributed by atoms with Gasteiger partial charge in [-0.3, -0.25) is 9.59 Å². The first-order chi connectivity index (χ1) is 15.6. The average Bonchev–Trinajstić information content (AvgIpc) is 3.27. The van der Waals surface area contributed by atoms with Gasteiger partial charge in [0.05, 0.1) is 14.2 Å². The Balaban J connectivity index is 1.37. The van der Waals surface area contributed by atoms with Gasteiger partial charge in [-0.1, -0.05) is 24.3 Å². The van der Waals surface area contributed by atoms with Crippen LogP contribution in [0.25, 0.3) is 0 Å². The van der Waals surface area contributed by atoms with Crippen LogP contribution >= 0.6 is 0 Å². The molecule has 1 aliphatic heterocycles. The van der Waals surface area contributed by atoms with Crippen LogP contribution in [-0.2, 0) is 17.8 Å². The van der Waals surface area contributed by atoms with Crippen LogP contribution in [0.5, 0.6) is 17.2 Å². The van der Waals surface area contributed by atoms with E-state index in [9.17, 15) is 9.59 Å². The third-order valence-corrected chi connectivity index (χ3v) is 5.20. The van der Waals surface area contributed by atoms with E-state index in [1.165, 1.54) is 0 Å². The molecular weight excluding hydrogens is 408 g/mol. The van der Waals surface area contributed by atoms with E-state index in [1.807, 2.05) is 36.4 Å². The standard InChI is InChI=1S/C25H24N2O5/c1-30-20-10-16(11-21(14-20)31-2)15-26-24(28)18-7-5-8-19(12-18)27-25(29)23-13-17-6-3-4-9-22(17)32-23/h3-12,14,23H,13,15H2,1-2H3,(H,26,28)(H,27,29). The van der Waals surface area contributed by atoms with Crippen LogP contribution in [0, 0.1) is 0 Å². The molecular formula is C25H24N2O5. The van der Waals surface area contributed by atoms with Gasteiger partial charge in [0.1, 0.15) is 17.2 Å². The highest BCUT2D eigenvalue weighted by Crippen LogP contribution is 2.28. The molecule has 7 nitrogen and oxygen atoms in total. The first kappa shape index (κ1) is 21.2. The van der Waals surface area contributed by atoms with E-state index >= 15 is 0 Å². The van der Waals surface area contributed by atoms with Crippen molar-refractivity contribution < 1.29 is 23.8 Å². The van der Waals surface area contributed by atoms with Crippen LogP contribution in [-0.4, -0.2) is 32.1 Å². The second kappa shape index (κ2) is 9.43. The zero-order valence-electron chi connectivity index (χ0n) is 17.9. The second-order valence-electron chi connectivity index (χ2n) is 7.39. The van der Waals surface area contributed by atoms with Crippen molar-refractivity contribution in [2.45, 2.75) is 19.1 Å². The van der Waals surface area contributed by atoms with E-state index in [4.69, 9.17) is 14.2 Å². The zero-order valence-corrected chi connectivity index (χ0v) is 17.9. The molecule has 1 heterocycles. The topological polar surface area (TPSA) is 85.9 Å². The number of para-hydroxylation sites is 1.